The van der Waals surface area contributed by atoms with Crippen molar-refractivity contribution in [1.29, 1.82) is 5.26 Å². The molecular weight excluding hydrogens is 180 g/mol. The molecule has 0 aliphatic carbocycles. The van der Waals surface area contributed by atoms with Crippen molar-refractivity contribution in [3.63, 3.8) is 0 Å². The second kappa shape index (κ2) is 4.38. The quantitative estimate of drug-likeness (QED) is 0.652. The van der Waals surface area contributed by atoms with Crippen molar-refractivity contribution in [2.24, 2.45) is 0 Å². The molecule has 0 fully saturated rings. The fourth-order valence-electron chi connectivity index (χ4n) is 1.05. The number of carbonyl (C=O) groups excluding carboxylic acids is 1. The summed E-state index contributed by atoms with van der Waals surface area (Å²) in [5, 5.41) is 8.64. The van der Waals surface area contributed by atoms with Gasteiger partial charge in [0.25, 0.3) is 0 Å². The summed E-state index contributed by atoms with van der Waals surface area (Å²) < 4.78 is 4.53. The van der Waals surface area contributed by atoms with E-state index in [1.807, 2.05) is 6.07 Å². The summed E-state index contributed by atoms with van der Waals surface area (Å²) in [7, 11) is 1.33. The molecule has 0 amide bonds. The van der Waals surface area contributed by atoms with E-state index in [-0.39, 0.29) is 12.4 Å². The number of rotatable bonds is 2. The molecule has 1 heterocycles. The number of aryl methyl sites for hydroxylation is 1. The Bertz CT molecular complexity index is 394. The van der Waals surface area contributed by atoms with Crippen LogP contribution in [0.5, 0.6) is 0 Å². The van der Waals surface area contributed by atoms with Gasteiger partial charge in [0.2, 0.25) is 0 Å². The average molecular weight is 190 g/mol. The molecule has 14 heavy (non-hydrogen) atoms. The van der Waals surface area contributed by atoms with Crippen molar-refractivity contribution >= 4 is 5.97 Å². The van der Waals surface area contributed by atoms with Crippen LogP contribution in [0, 0.1) is 18.3 Å². The van der Waals surface area contributed by atoms with Crippen LogP contribution in [0.1, 0.15) is 16.8 Å². The molecule has 0 aliphatic heterocycles. The number of nitrogens with zero attached hydrogens (tertiary/aromatic N) is 2. The number of methoxy groups -OCH3 is 1. The first kappa shape index (κ1) is 10.2. The van der Waals surface area contributed by atoms with Crippen molar-refractivity contribution in [2.45, 2.75) is 13.3 Å². The van der Waals surface area contributed by atoms with E-state index in [4.69, 9.17) is 5.26 Å². The van der Waals surface area contributed by atoms with Crippen molar-refractivity contribution in [2.75, 3.05) is 7.11 Å². The minimum Gasteiger partial charge on any atom is -0.469 e. The fraction of sp³-hybridized carbons (Fsp3) is 0.300. The molecule has 0 N–H and O–H groups in total. The predicted octanol–water partition coefficient (Wildman–Crippen LogP) is 0.977. The van der Waals surface area contributed by atoms with Crippen molar-refractivity contribution in [3.05, 3.63) is 29.1 Å². The van der Waals surface area contributed by atoms with Crippen LogP contribution in [-0.4, -0.2) is 18.1 Å². The molecule has 4 nitrogen and oxygen atoms in total. The summed E-state index contributed by atoms with van der Waals surface area (Å²) in [5.41, 5.74) is 1.93. The molecule has 0 aliphatic rings. The highest BCUT2D eigenvalue weighted by atomic mass is 16.5. The molecule has 0 bridgehead atoms. The average Bonchev–Trinajstić information content (AvgIpc) is 2.21. The molecule has 0 radical (unpaired) electrons. The van der Waals surface area contributed by atoms with Crippen molar-refractivity contribution in [3.8, 4) is 6.07 Å². The second-order valence-electron chi connectivity index (χ2n) is 2.83. The second-order valence-corrected chi connectivity index (χ2v) is 2.83. The maximum absolute atomic E-state index is 11.0. The fourth-order valence-corrected chi connectivity index (χ4v) is 1.05. The van der Waals surface area contributed by atoms with Gasteiger partial charge < -0.3 is 4.74 Å². The maximum Gasteiger partial charge on any atom is 0.310 e. The third-order valence-electron chi connectivity index (χ3n) is 1.88. The maximum atomic E-state index is 11.0. The van der Waals surface area contributed by atoms with E-state index in [1.165, 1.54) is 13.3 Å². The number of hydrogen-bond donors (Lipinski definition) is 0. The lowest BCUT2D eigenvalue weighted by atomic mass is 10.1. The van der Waals surface area contributed by atoms with E-state index in [2.05, 4.69) is 9.72 Å². The Balaban J connectivity index is 2.96. The third kappa shape index (κ3) is 2.30. The van der Waals surface area contributed by atoms with Gasteiger partial charge >= 0.3 is 5.97 Å². The minimum atomic E-state index is -0.329. The summed E-state index contributed by atoms with van der Waals surface area (Å²) in [6.45, 7) is 1.79. The van der Waals surface area contributed by atoms with Crippen LogP contribution in [-0.2, 0) is 16.0 Å². The molecule has 1 aromatic rings. The molecular formula is C10H10N2O2. The highest BCUT2D eigenvalue weighted by Crippen LogP contribution is 2.08. The van der Waals surface area contributed by atoms with Crippen LogP contribution < -0.4 is 0 Å². The Morgan fingerprint density at radius 2 is 2.43 bits per heavy atom. The van der Waals surface area contributed by atoms with Gasteiger partial charge in [-0.2, -0.15) is 5.26 Å². The highest BCUT2D eigenvalue weighted by molar-refractivity contribution is 5.72. The lowest BCUT2D eigenvalue weighted by molar-refractivity contribution is -0.139. The first-order valence-electron chi connectivity index (χ1n) is 4.10. The Kier molecular flexibility index (Phi) is 3.19. The zero-order valence-corrected chi connectivity index (χ0v) is 8.07. The van der Waals surface area contributed by atoms with Gasteiger partial charge in [-0.15, -0.1) is 0 Å². The van der Waals surface area contributed by atoms with Gasteiger partial charge in [0.15, 0.2) is 0 Å². The molecule has 0 atom stereocenters. The monoisotopic (exact) mass is 190 g/mol. The predicted molar refractivity (Wildman–Crippen MR) is 49.4 cm³/mol. The first-order chi connectivity index (χ1) is 6.67. The number of carbonyl (C=O) groups is 1. The first-order valence-corrected chi connectivity index (χ1v) is 4.10. The molecule has 4 heteroatoms. The number of hydrogen-bond acceptors (Lipinski definition) is 4. The topological polar surface area (TPSA) is 63.0 Å². The van der Waals surface area contributed by atoms with Crippen LogP contribution >= 0.6 is 0 Å². The summed E-state index contributed by atoms with van der Waals surface area (Å²) in [6, 6.07) is 3.62. The summed E-state index contributed by atoms with van der Waals surface area (Å²) in [6.07, 6.45) is 1.64. The summed E-state index contributed by atoms with van der Waals surface area (Å²) in [4.78, 5) is 15.0. The zero-order valence-electron chi connectivity index (χ0n) is 8.07. The van der Waals surface area contributed by atoms with Gasteiger partial charge in [-0.1, -0.05) is 0 Å². The van der Waals surface area contributed by atoms with Crippen LogP contribution in [0.15, 0.2) is 12.3 Å². The smallest absolute Gasteiger partial charge is 0.310 e. The Morgan fingerprint density at radius 3 is 3.00 bits per heavy atom. The van der Waals surface area contributed by atoms with Gasteiger partial charge in [0, 0.05) is 11.9 Å². The lowest BCUT2D eigenvalue weighted by Gasteiger charge is -2.03. The Labute approximate surface area is 82.1 Å². The van der Waals surface area contributed by atoms with E-state index < -0.39 is 0 Å². The zero-order chi connectivity index (χ0) is 10.6. The van der Waals surface area contributed by atoms with E-state index in [0.717, 1.165) is 11.3 Å². The number of ether oxygens (including phenoxy) is 1. The van der Waals surface area contributed by atoms with E-state index in [0.29, 0.717) is 5.56 Å². The Hall–Kier alpha value is -1.89. The standard InChI is InChI=1S/C10H10N2O2/c1-7-9(4-10(13)14-2)3-8(5-11)6-12-7/h3,6H,4H2,1-2H3. The highest BCUT2D eigenvalue weighted by Gasteiger charge is 2.07. The van der Waals surface area contributed by atoms with Gasteiger partial charge in [0.1, 0.15) is 6.07 Å². The molecule has 72 valence electrons. The number of aromatic nitrogens is 1. The van der Waals surface area contributed by atoms with Gasteiger partial charge in [-0.05, 0) is 18.6 Å². The van der Waals surface area contributed by atoms with Crippen LogP contribution in [0.4, 0.5) is 0 Å². The van der Waals surface area contributed by atoms with Gasteiger partial charge in [-0.3, -0.25) is 9.78 Å². The molecule has 0 spiro atoms. The lowest BCUT2D eigenvalue weighted by Crippen LogP contribution is -2.06. The van der Waals surface area contributed by atoms with E-state index in [1.54, 1.807) is 13.0 Å². The normalized spacial score (nSPS) is 9.21. The number of pyridine rings is 1. The SMILES string of the molecule is COC(=O)Cc1cc(C#N)cnc1C. The van der Waals surface area contributed by atoms with Crippen LogP contribution in [0.3, 0.4) is 0 Å². The molecule has 1 aromatic heterocycles. The summed E-state index contributed by atoms with van der Waals surface area (Å²) >= 11 is 0. The van der Waals surface area contributed by atoms with Crippen LogP contribution in [0.25, 0.3) is 0 Å². The van der Waals surface area contributed by atoms with Crippen molar-refractivity contribution < 1.29 is 9.53 Å². The number of esters is 1. The van der Waals surface area contributed by atoms with Crippen LogP contribution in [0.2, 0.25) is 0 Å². The number of nitriles is 1. The van der Waals surface area contributed by atoms with Gasteiger partial charge in [-0.25, -0.2) is 0 Å². The molecule has 0 saturated heterocycles. The van der Waals surface area contributed by atoms with Gasteiger partial charge in [0.05, 0.1) is 19.1 Å². The van der Waals surface area contributed by atoms with E-state index in [9.17, 15) is 4.79 Å². The summed E-state index contributed by atoms with van der Waals surface area (Å²) in [5.74, 6) is -0.329. The minimum absolute atomic E-state index is 0.158. The largest absolute Gasteiger partial charge is 0.469 e. The molecule has 0 unspecified atom stereocenters. The van der Waals surface area contributed by atoms with E-state index >= 15 is 0 Å². The van der Waals surface area contributed by atoms with Crippen molar-refractivity contribution in [1.82, 2.24) is 4.98 Å². The molecule has 0 saturated carbocycles. The molecule has 1 rings (SSSR count). The Morgan fingerprint density at radius 1 is 1.71 bits per heavy atom. The third-order valence-corrected chi connectivity index (χ3v) is 1.88. The molecule has 0 aromatic carbocycles.